The molecule has 1 aliphatic heterocycles. The van der Waals surface area contributed by atoms with Crippen LogP contribution in [0.25, 0.3) is 17.1 Å². The van der Waals surface area contributed by atoms with Crippen LogP contribution < -0.4 is 19.9 Å². The van der Waals surface area contributed by atoms with E-state index in [9.17, 15) is 22.8 Å². The van der Waals surface area contributed by atoms with Crippen LogP contribution in [0.5, 0.6) is 11.5 Å². The minimum Gasteiger partial charge on any atom is -0.497 e. The molecule has 5 rings (SSSR count). The third-order valence-corrected chi connectivity index (χ3v) is 7.68. The van der Waals surface area contributed by atoms with E-state index in [2.05, 4.69) is 25.3 Å². The van der Waals surface area contributed by atoms with Crippen LogP contribution in [-0.4, -0.2) is 57.7 Å². The summed E-state index contributed by atoms with van der Waals surface area (Å²) in [6.07, 6.45) is -2.83. The number of carbonyl (C=O) groups is 2. The Hall–Kier alpha value is -4.89. The van der Waals surface area contributed by atoms with Gasteiger partial charge in [-0.3, -0.25) is 14.5 Å². The molecule has 0 spiro atoms. The predicted octanol–water partition coefficient (Wildman–Crippen LogP) is 6.28. The molecule has 4 aromatic rings. The van der Waals surface area contributed by atoms with Gasteiger partial charge in [0.1, 0.15) is 17.8 Å². The molecule has 0 atom stereocenters. The summed E-state index contributed by atoms with van der Waals surface area (Å²) in [5.41, 5.74) is 6.02. The van der Waals surface area contributed by atoms with Crippen LogP contribution in [0.3, 0.4) is 0 Å². The number of amides is 3. The number of hydrogen-bond donors (Lipinski definition) is 1. The second-order valence-electron chi connectivity index (χ2n) is 10.2. The normalized spacial score (nSPS) is 14.3. The maximum Gasteiger partial charge on any atom is 0.573 e. The highest BCUT2D eigenvalue weighted by atomic mass is 32.2. The Balaban J connectivity index is 1.14. The fourth-order valence-electron chi connectivity index (χ4n) is 4.55. The lowest BCUT2D eigenvalue weighted by Crippen LogP contribution is -2.32. The quantitative estimate of drug-likeness (QED) is 0.157. The number of benzene rings is 3. The Labute approximate surface area is 266 Å². The van der Waals surface area contributed by atoms with Crippen LogP contribution in [0, 0.1) is 0 Å². The fraction of sp³-hybridized carbons (Fsp3) is 0.258. The van der Waals surface area contributed by atoms with Gasteiger partial charge in [-0.15, -0.1) is 18.3 Å². The summed E-state index contributed by atoms with van der Waals surface area (Å²) >= 11 is 1.17. The van der Waals surface area contributed by atoms with E-state index in [4.69, 9.17) is 9.57 Å². The zero-order valence-corrected chi connectivity index (χ0v) is 25.8. The van der Waals surface area contributed by atoms with E-state index < -0.39 is 12.4 Å². The molecule has 0 aliphatic carbocycles. The predicted molar refractivity (Wildman–Crippen MR) is 166 cm³/mol. The number of carbonyl (C=O) groups excluding carboxylic acids is 2. The van der Waals surface area contributed by atoms with Crippen molar-refractivity contribution in [1.29, 1.82) is 0 Å². The van der Waals surface area contributed by atoms with Crippen LogP contribution in [0.1, 0.15) is 30.9 Å². The van der Waals surface area contributed by atoms with E-state index in [0.717, 1.165) is 16.7 Å². The Morgan fingerprint density at radius 1 is 1.07 bits per heavy atom. The average Bonchev–Trinajstić information content (AvgIpc) is 3.66. The lowest BCUT2D eigenvalue weighted by molar-refractivity contribution is -0.274. The summed E-state index contributed by atoms with van der Waals surface area (Å²) in [4.78, 5) is 40.4. The van der Waals surface area contributed by atoms with Crippen LogP contribution in [-0.2, 0) is 16.1 Å². The van der Waals surface area contributed by atoms with Crippen molar-refractivity contribution in [3.8, 4) is 28.6 Å². The number of aromatic nitrogens is 3. The van der Waals surface area contributed by atoms with Gasteiger partial charge in [0.25, 0.3) is 0 Å². The molecule has 240 valence electrons. The number of thioether (sulfide) groups is 1. The number of hydroxylamine groups is 1. The second kappa shape index (κ2) is 14.0. The van der Waals surface area contributed by atoms with E-state index in [0.29, 0.717) is 29.4 Å². The molecular formula is C31H29F3N6O5S. The molecular weight excluding hydrogens is 625 g/mol. The number of alkyl halides is 3. The van der Waals surface area contributed by atoms with Crippen LogP contribution in [0.15, 0.2) is 78.0 Å². The molecule has 0 saturated carbocycles. The van der Waals surface area contributed by atoms with E-state index in [1.807, 2.05) is 50.2 Å². The molecule has 46 heavy (non-hydrogen) atoms. The van der Waals surface area contributed by atoms with Gasteiger partial charge in [-0.25, -0.2) is 19.9 Å². The first-order valence-corrected chi connectivity index (χ1v) is 15.0. The number of rotatable bonds is 10. The third kappa shape index (κ3) is 8.03. The summed E-state index contributed by atoms with van der Waals surface area (Å²) in [7, 11) is 1.55. The van der Waals surface area contributed by atoms with Gasteiger partial charge in [0.2, 0.25) is 5.91 Å². The van der Waals surface area contributed by atoms with Gasteiger partial charge in [-0.2, -0.15) is 4.99 Å². The van der Waals surface area contributed by atoms with Crippen molar-refractivity contribution in [1.82, 2.24) is 20.2 Å². The van der Waals surface area contributed by atoms with Crippen molar-refractivity contribution in [3.05, 3.63) is 84.2 Å². The minimum atomic E-state index is -4.76. The summed E-state index contributed by atoms with van der Waals surface area (Å²) < 4.78 is 47.9. The zero-order chi connectivity index (χ0) is 32.8. The molecule has 1 saturated heterocycles. The molecule has 1 fully saturated rings. The fourth-order valence-corrected chi connectivity index (χ4v) is 5.40. The van der Waals surface area contributed by atoms with Gasteiger partial charge < -0.3 is 9.47 Å². The van der Waals surface area contributed by atoms with Crippen molar-refractivity contribution < 1.29 is 37.1 Å². The Bertz CT molecular complexity index is 1730. The largest absolute Gasteiger partial charge is 0.573 e. The molecule has 11 nitrogen and oxygen atoms in total. The van der Waals surface area contributed by atoms with Gasteiger partial charge in [-0.05, 0) is 53.8 Å². The van der Waals surface area contributed by atoms with Crippen molar-refractivity contribution in [2.75, 3.05) is 24.4 Å². The molecule has 1 N–H and O–H groups in total. The first-order valence-electron chi connectivity index (χ1n) is 14.0. The molecule has 3 amide bonds. The number of aliphatic imine (C=N–C) groups is 1. The van der Waals surface area contributed by atoms with Gasteiger partial charge in [0.15, 0.2) is 11.0 Å². The second-order valence-corrected chi connectivity index (χ2v) is 11.2. The SMILES string of the molecule is COc1ccc(C(C)C)c(N2C(=O)CS/C2=N\C(=O)NOCCc2ccc(-c3ncn(-c4ccc(OC(F)(F)F)cc4)n3)cc2)c1. The number of ether oxygens (including phenoxy) is 2. The monoisotopic (exact) mass is 654 g/mol. The number of anilines is 1. The molecule has 1 aromatic heterocycles. The van der Waals surface area contributed by atoms with Gasteiger partial charge in [0, 0.05) is 11.6 Å². The van der Waals surface area contributed by atoms with E-state index >= 15 is 0 Å². The summed E-state index contributed by atoms with van der Waals surface area (Å²) in [6.45, 7) is 4.20. The summed E-state index contributed by atoms with van der Waals surface area (Å²) in [5.74, 6) is 0.771. The third-order valence-electron chi connectivity index (χ3n) is 6.75. The van der Waals surface area contributed by atoms with Crippen molar-refractivity contribution >= 4 is 34.6 Å². The zero-order valence-electron chi connectivity index (χ0n) is 24.9. The van der Waals surface area contributed by atoms with Gasteiger partial charge in [-0.1, -0.05) is 55.9 Å². The molecule has 2 heterocycles. The summed E-state index contributed by atoms with van der Waals surface area (Å²) in [5, 5.41) is 4.65. The van der Waals surface area contributed by atoms with Crippen molar-refractivity contribution in [2.24, 2.45) is 4.99 Å². The lowest BCUT2D eigenvalue weighted by atomic mass is 10.00. The van der Waals surface area contributed by atoms with E-state index in [1.165, 1.54) is 51.9 Å². The Morgan fingerprint density at radius 2 is 1.78 bits per heavy atom. The van der Waals surface area contributed by atoms with Gasteiger partial charge in [0.05, 0.1) is 30.8 Å². The smallest absolute Gasteiger partial charge is 0.497 e. The van der Waals surface area contributed by atoms with Crippen LogP contribution >= 0.6 is 11.8 Å². The number of nitrogens with one attached hydrogen (secondary N) is 1. The lowest BCUT2D eigenvalue weighted by Gasteiger charge is -2.22. The molecule has 0 unspecified atom stereocenters. The maximum absolute atomic E-state index is 12.8. The Morgan fingerprint density at radius 3 is 2.46 bits per heavy atom. The topological polar surface area (TPSA) is 120 Å². The van der Waals surface area contributed by atoms with Crippen LogP contribution in [0.4, 0.5) is 23.7 Å². The molecule has 0 bridgehead atoms. The minimum absolute atomic E-state index is 0.122. The molecule has 1 aliphatic rings. The molecule has 15 heteroatoms. The van der Waals surface area contributed by atoms with E-state index in [1.54, 1.807) is 13.2 Å². The highest BCUT2D eigenvalue weighted by molar-refractivity contribution is 8.15. The number of halogens is 3. The summed E-state index contributed by atoms with van der Waals surface area (Å²) in [6, 6.07) is 17.4. The highest BCUT2D eigenvalue weighted by Gasteiger charge is 2.33. The number of hydrogen-bond acceptors (Lipinski definition) is 8. The highest BCUT2D eigenvalue weighted by Crippen LogP contribution is 2.36. The van der Waals surface area contributed by atoms with Crippen LogP contribution in [0.2, 0.25) is 0 Å². The van der Waals surface area contributed by atoms with Crippen molar-refractivity contribution in [2.45, 2.75) is 32.5 Å². The average molecular weight is 655 g/mol. The Kier molecular flexibility index (Phi) is 9.92. The van der Waals surface area contributed by atoms with Gasteiger partial charge >= 0.3 is 12.4 Å². The first kappa shape index (κ1) is 32.5. The number of nitrogens with zero attached hydrogens (tertiary/aromatic N) is 5. The van der Waals surface area contributed by atoms with Crippen molar-refractivity contribution in [3.63, 3.8) is 0 Å². The number of amidine groups is 1. The number of urea groups is 1. The standard InChI is InChI=1S/C31H29F3N6O5S/c1-19(2)25-13-12-24(43-3)16-26(25)40-27(41)17-46-30(40)36-29(42)38-44-15-14-20-4-6-21(7-5-20)28-35-18-39(37-28)22-8-10-23(11-9-22)45-31(32,33)34/h4-13,16,18-19H,14-15,17H2,1-3H3,(H,38,42)/b36-30-. The van der Waals surface area contributed by atoms with E-state index in [-0.39, 0.29) is 35.1 Å². The molecule has 0 radical (unpaired) electrons. The maximum atomic E-state index is 12.8. The first-order chi connectivity index (χ1) is 22.0. The number of methoxy groups -OCH3 is 1. The molecule has 3 aromatic carbocycles.